The second-order valence-electron chi connectivity index (χ2n) is 4.73. The van der Waals surface area contributed by atoms with Crippen molar-refractivity contribution in [2.24, 2.45) is 0 Å². The predicted octanol–water partition coefficient (Wildman–Crippen LogP) is 3.57. The zero-order valence-electron chi connectivity index (χ0n) is 10.9. The Morgan fingerprint density at radius 2 is 2.05 bits per heavy atom. The molecule has 1 aliphatic rings. The zero-order valence-corrected chi connectivity index (χ0v) is 11.7. The largest absolute Gasteiger partial charge is 0.490 e. The minimum atomic E-state index is 0.438. The molecule has 0 bridgehead atoms. The van der Waals surface area contributed by atoms with Gasteiger partial charge >= 0.3 is 0 Å². The van der Waals surface area contributed by atoms with E-state index >= 15 is 0 Å². The van der Waals surface area contributed by atoms with E-state index in [2.05, 4.69) is 21.0 Å². The van der Waals surface area contributed by atoms with Crippen molar-refractivity contribution in [2.75, 3.05) is 11.9 Å². The van der Waals surface area contributed by atoms with Crippen LogP contribution in [0.3, 0.4) is 0 Å². The highest BCUT2D eigenvalue weighted by Gasteiger charge is 2.23. The lowest BCUT2D eigenvalue weighted by Gasteiger charge is -2.06. The van der Waals surface area contributed by atoms with Crippen molar-refractivity contribution in [1.82, 2.24) is 8.75 Å². The van der Waals surface area contributed by atoms with Crippen molar-refractivity contribution in [1.29, 1.82) is 0 Å². The highest BCUT2D eigenvalue weighted by atomic mass is 32.1. The van der Waals surface area contributed by atoms with Gasteiger partial charge in [0.25, 0.3) is 0 Å². The first kappa shape index (κ1) is 12.4. The van der Waals surface area contributed by atoms with E-state index in [1.165, 1.54) is 24.6 Å². The van der Waals surface area contributed by atoms with Gasteiger partial charge in [-0.25, -0.2) is 0 Å². The van der Waals surface area contributed by atoms with Gasteiger partial charge in [0.05, 0.1) is 17.8 Å². The van der Waals surface area contributed by atoms with Crippen molar-refractivity contribution in [3.05, 3.63) is 24.3 Å². The molecule has 1 N–H and O–H groups in total. The highest BCUT2D eigenvalue weighted by Crippen LogP contribution is 2.30. The van der Waals surface area contributed by atoms with Crippen molar-refractivity contribution in [3.63, 3.8) is 0 Å². The molecule has 0 unspecified atom stereocenters. The second-order valence-corrected chi connectivity index (χ2v) is 5.26. The Hall–Kier alpha value is -1.62. The molecule has 1 fully saturated rings. The van der Waals surface area contributed by atoms with E-state index < -0.39 is 0 Å². The van der Waals surface area contributed by atoms with Crippen molar-refractivity contribution in [2.45, 2.75) is 32.3 Å². The summed E-state index contributed by atoms with van der Waals surface area (Å²) >= 11 is 1.24. The van der Waals surface area contributed by atoms with Gasteiger partial charge in [0.15, 0.2) is 5.82 Å². The second kappa shape index (κ2) is 5.57. The summed E-state index contributed by atoms with van der Waals surface area (Å²) in [5, 5.41) is 3.30. The monoisotopic (exact) mass is 275 g/mol. The van der Waals surface area contributed by atoms with E-state index in [-0.39, 0.29) is 0 Å². The molecule has 1 saturated carbocycles. The predicted molar refractivity (Wildman–Crippen MR) is 77.8 cm³/mol. The molecule has 0 aliphatic heterocycles. The number of rotatable bonds is 6. The molecule has 5 heteroatoms. The van der Waals surface area contributed by atoms with Crippen LogP contribution in [0.5, 0.6) is 5.75 Å². The highest BCUT2D eigenvalue weighted by molar-refractivity contribution is 6.99. The van der Waals surface area contributed by atoms with Crippen LogP contribution in [0, 0.1) is 0 Å². The summed E-state index contributed by atoms with van der Waals surface area (Å²) in [5.74, 6) is 1.82. The fraction of sp³-hybridized carbons (Fsp3) is 0.429. The maximum atomic E-state index is 5.74. The van der Waals surface area contributed by atoms with E-state index in [4.69, 9.17) is 4.74 Å². The average molecular weight is 275 g/mol. The first-order valence-electron chi connectivity index (χ1n) is 6.70. The van der Waals surface area contributed by atoms with Gasteiger partial charge in [0, 0.05) is 12.1 Å². The van der Waals surface area contributed by atoms with Gasteiger partial charge in [-0.2, -0.15) is 8.75 Å². The number of nitrogens with one attached hydrogen (secondary N) is 1. The van der Waals surface area contributed by atoms with Crippen LogP contribution < -0.4 is 10.1 Å². The Balaban J connectivity index is 1.75. The molecular formula is C14H17N3OS. The molecule has 1 aromatic heterocycles. The summed E-state index contributed by atoms with van der Waals surface area (Å²) in [5.41, 5.74) is 2.01. The summed E-state index contributed by atoms with van der Waals surface area (Å²) in [6.07, 6.45) is 3.88. The van der Waals surface area contributed by atoms with E-state index in [0.717, 1.165) is 35.8 Å². The van der Waals surface area contributed by atoms with Gasteiger partial charge in [-0.3, -0.25) is 0 Å². The normalized spacial score (nSPS) is 14.4. The number of benzene rings is 1. The lowest BCUT2D eigenvalue weighted by molar-refractivity contribution is 0.303. The lowest BCUT2D eigenvalue weighted by Crippen LogP contribution is -2.01. The summed E-state index contributed by atoms with van der Waals surface area (Å²) in [6.45, 7) is 3.05. The van der Waals surface area contributed by atoms with E-state index in [1.54, 1.807) is 0 Å². The van der Waals surface area contributed by atoms with Crippen LogP contribution in [0.1, 0.15) is 26.2 Å². The molecule has 100 valence electrons. The first-order valence-corrected chi connectivity index (χ1v) is 7.43. The smallest absolute Gasteiger partial charge is 0.168 e. The quantitative estimate of drug-likeness (QED) is 0.875. The standard InChI is InChI=1S/C14H17N3OS/c1-2-9-15-14-13(16-19-17-14)10-3-5-11(6-4-10)18-12-7-8-12/h3-6,12H,2,7-9H2,1H3,(H,15,17). The molecule has 3 rings (SSSR count). The molecule has 1 aromatic carbocycles. The SMILES string of the molecule is CCCNc1nsnc1-c1ccc(OC2CC2)cc1. The Morgan fingerprint density at radius 3 is 2.74 bits per heavy atom. The summed E-state index contributed by atoms with van der Waals surface area (Å²) < 4.78 is 14.4. The van der Waals surface area contributed by atoms with Crippen LogP contribution in [0.2, 0.25) is 0 Å². The first-order chi connectivity index (χ1) is 9.36. The Bertz CT molecular complexity index is 534. The van der Waals surface area contributed by atoms with Gasteiger partial charge in [-0.15, -0.1) is 0 Å². The number of aromatic nitrogens is 2. The van der Waals surface area contributed by atoms with E-state index in [9.17, 15) is 0 Å². The third-order valence-electron chi connectivity index (χ3n) is 2.99. The molecule has 0 radical (unpaired) electrons. The number of anilines is 1. The van der Waals surface area contributed by atoms with Gasteiger partial charge < -0.3 is 10.1 Å². The summed E-state index contributed by atoms with van der Waals surface area (Å²) in [4.78, 5) is 0. The maximum absolute atomic E-state index is 5.74. The van der Waals surface area contributed by atoms with Crippen LogP contribution in [-0.2, 0) is 0 Å². The third-order valence-corrected chi connectivity index (χ3v) is 3.51. The van der Waals surface area contributed by atoms with Crippen molar-refractivity contribution in [3.8, 4) is 17.0 Å². The van der Waals surface area contributed by atoms with Crippen LogP contribution in [0.4, 0.5) is 5.82 Å². The van der Waals surface area contributed by atoms with Gasteiger partial charge in [-0.1, -0.05) is 6.92 Å². The Labute approximate surface area is 117 Å². The molecule has 1 aliphatic carbocycles. The maximum Gasteiger partial charge on any atom is 0.168 e. The van der Waals surface area contributed by atoms with Gasteiger partial charge in [0.1, 0.15) is 11.4 Å². The molecular weight excluding hydrogens is 258 g/mol. The van der Waals surface area contributed by atoms with Gasteiger partial charge in [-0.05, 0) is 43.5 Å². The molecule has 1 heterocycles. The van der Waals surface area contributed by atoms with Crippen LogP contribution in [-0.4, -0.2) is 21.4 Å². The van der Waals surface area contributed by atoms with Crippen LogP contribution in [0.25, 0.3) is 11.3 Å². The van der Waals surface area contributed by atoms with Crippen LogP contribution in [0.15, 0.2) is 24.3 Å². The lowest BCUT2D eigenvalue weighted by atomic mass is 10.1. The van der Waals surface area contributed by atoms with Crippen LogP contribution >= 0.6 is 11.7 Å². The van der Waals surface area contributed by atoms with Crippen molar-refractivity contribution < 1.29 is 4.74 Å². The zero-order chi connectivity index (χ0) is 13.1. The Kier molecular flexibility index (Phi) is 3.64. The fourth-order valence-electron chi connectivity index (χ4n) is 1.81. The van der Waals surface area contributed by atoms with E-state index in [1.807, 2.05) is 24.3 Å². The minimum absolute atomic E-state index is 0.438. The summed E-state index contributed by atoms with van der Waals surface area (Å²) in [6, 6.07) is 8.12. The third kappa shape index (κ3) is 3.04. The number of hydrogen-bond donors (Lipinski definition) is 1. The van der Waals surface area contributed by atoms with E-state index in [0.29, 0.717) is 6.10 Å². The molecule has 0 saturated heterocycles. The molecule has 2 aromatic rings. The molecule has 0 amide bonds. The fourth-order valence-corrected chi connectivity index (χ4v) is 2.35. The average Bonchev–Trinajstić information content (AvgIpc) is 3.13. The summed E-state index contributed by atoms with van der Waals surface area (Å²) in [7, 11) is 0. The van der Waals surface area contributed by atoms with Gasteiger partial charge in [0.2, 0.25) is 0 Å². The van der Waals surface area contributed by atoms with Crippen molar-refractivity contribution >= 4 is 17.5 Å². The minimum Gasteiger partial charge on any atom is -0.490 e. The number of ether oxygens (including phenoxy) is 1. The topological polar surface area (TPSA) is 47.0 Å². The molecule has 4 nitrogen and oxygen atoms in total. The number of hydrogen-bond acceptors (Lipinski definition) is 5. The molecule has 0 atom stereocenters. The Morgan fingerprint density at radius 1 is 1.26 bits per heavy atom. The molecule has 19 heavy (non-hydrogen) atoms. The number of nitrogens with zero attached hydrogens (tertiary/aromatic N) is 2. The molecule has 0 spiro atoms.